The third-order valence-electron chi connectivity index (χ3n) is 2.07. The lowest BCUT2D eigenvalue weighted by Gasteiger charge is -2.02. The average molecular weight is 305 g/mol. The molecule has 0 saturated heterocycles. The highest BCUT2D eigenvalue weighted by atomic mass is 79.9. The van der Waals surface area contributed by atoms with Crippen molar-refractivity contribution in [2.75, 3.05) is 0 Å². The standard InChI is InChI=1S/C10H8BrClFN3/c1-6(12)9-5-16(15-14-9)10-4-7(11)2-3-8(10)13/h2-6H,1H3. The molecule has 1 unspecified atom stereocenters. The van der Waals surface area contributed by atoms with Crippen molar-refractivity contribution in [3.8, 4) is 5.69 Å². The number of nitrogens with zero attached hydrogens (tertiary/aromatic N) is 3. The topological polar surface area (TPSA) is 30.7 Å². The summed E-state index contributed by atoms with van der Waals surface area (Å²) in [6.07, 6.45) is 1.61. The zero-order valence-corrected chi connectivity index (χ0v) is 10.7. The van der Waals surface area contributed by atoms with Gasteiger partial charge in [0, 0.05) is 4.47 Å². The largest absolute Gasteiger partial charge is 0.217 e. The number of hydrogen-bond acceptors (Lipinski definition) is 2. The molecule has 84 valence electrons. The fourth-order valence-corrected chi connectivity index (χ4v) is 1.69. The molecular formula is C10H8BrClFN3. The molecule has 0 N–H and O–H groups in total. The van der Waals surface area contributed by atoms with Gasteiger partial charge in [0.2, 0.25) is 0 Å². The molecule has 1 heterocycles. The molecule has 0 radical (unpaired) electrons. The van der Waals surface area contributed by atoms with E-state index < -0.39 is 0 Å². The van der Waals surface area contributed by atoms with Gasteiger partial charge < -0.3 is 0 Å². The van der Waals surface area contributed by atoms with Crippen LogP contribution in [0.1, 0.15) is 18.0 Å². The molecule has 0 spiro atoms. The predicted octanol–water partition coefficient (Wildman–Crippen LogP) is 3.47. The molecule has 1 aromatic heterocycles. The quantitative estimate of drug-likeness (QED) is 0.795. The minimum atomic E-state index is -0.359. The highest BCUT2D eigenvalue weighted by Crippen LogP contribution is 2.21. The molecule has 0 fully saturated rings. The van der Waals surface area contributed by atoms with Crippen LogP contribution in [0.25, 0.3) is 5.69 Å². The molecule has 0 aliphatic heterocycles. The first-order chi connectivity index (χ1) is 7.58. The van der Waals surface area contributed by atoms with Gasteiger partial charge in [0.05, 0.1) is 11.6 Å². The fraction of sp³-hybridized carbons (Fsp3) is 0.200. The smallest absolute Gasteiger partial charge is 0.148 e. The van der Waals surface area contributed by atoms with Crippen molar-refractivity contribution in [3.05, 3.63) is 40.4 Å². The van der Waals surface area contributed by atoms with E-state index in [1.165, 1.54) is 10.7 Å². The normalized spacial score (nSPS) is 12.8. The first kappa shape index (κ1) is 11.5. The highest BCUT2D eigenvalue weighted by molar-refractivity contribution is 9.10. The third-order valence-corrected chi connectivity index (χ3v) is 2.79. The van der Waals surface area contributed by atoms with E-state index in [4.69, 9.17) is 11.6 Å². The average Bonchev–Trinajstić information content (AvgIpc) is 2.70. The van der Waals surface area contributed by atoms with Crippen LogP contribution < -0.4 is 0 Å². The monoisotopic (exact) mass is 303 g/mol. The molecule has 0 aliphatic rings. The second kappa shape index (κ2) is 4.51. The van der Waals surface area contributed by atoms with Crippen LogP contribution in [0.4, 0.5) is 4.39 Å². The Morgan fingerprint density at radius 1 is 1.50 bits per heavy atom. The Bertz CT molecular complexity index is 513. The lowest BCUT2D eigenvalue weighted by atomic mass is 10.3. The Balaban J connectivity index is 2.46. The maximum Gasteiger partial charge on any atom is 0.148 e. The summed E-state index contributed by atoms with van der Waals surface area (Å²) in [5.41, 5.74) is 0.950. The molecule has 3 nitrogen and oxygen atoms in total. The fourth-order valence-electron chi connectivity index (χ4n) is 1.24. The SMILES string of the molecule is CC(Cl)c1cn(-c2cc(Br)ccc2F)nn1. The van der Waals surface area contributed by atoms with E-state index in [0.29, 0.717) is 11.4 Å². The summed E-state index contributed by atoms with van der Waals surface area (Å²) in [7, 11) is 0. The number of halogens is 3. The molecule has 6 heteroatoms. The molecular weight excluding hydrogens is 296 g/mol. The van der Waals surface area contributed by atoms with Crippen LogP contribution in [0.5, 0.6) is 0 Å². The third kappa shape index (κ3) is 2.25. The molecule has 0 saturated carbocycles. The van der Waals surface area contributed by atoms with Crippen molar-refractivity contribution in [2.45, 2.75) is 12.3 Å². The van der Waals surface area contributed by atoms with Gasteiger partial charge in [-0.2, -0.15) is 0 Å². The number of benzene rings is 1. The molecule has 0 amide bonds. The van der Waals surface area contributed by atoms with Gasteiger partial charge in [0.25, 0.3) is 0 Å². The van der Waals surface area contributed by atoms with Crippen LogP contribution >= 0.6 is 27.5 Å². The maximum absolute atomic E-state index is 13.5. The summed E-state index contributed by atoms with van der Waals surface area (Å²) in [4.78, 5) is 0. The van der Waals surface area contributed by atoms with E-state index in [0.717, 1.165) is 4.47 Å². The number of rotatable bonds is 2. The lowest BCUT2D eigenvalue weighted by molar-refractivity contribution is 0.606. The Morgan fingerprint density at radius 2 is 2.25 bits per heavy atom. The van der Waals surface area contributed by atoms with E-state index in [1.807, 2.05) is 0 Å². The van der Waals surface area contributed by atoms with Gasteiger partial charge in [-0.15, -0.1) is 16.7 Å². The van der Waals surface area contributed by atoms with E-state index >= 15 is 0 Å². The summed E-state index contributed by atoms with van der Waals surface area (Å²) < 4.78 is 15.7. The van der Waals surface area contributed by atoms with Crippen molar-refractivity contribution in [1.82, 2.24) is 15.0 Å². The molecule has 0 aliphatic carbocycles. The summed E-state index contributed by atoms with van der Waals surface area (Å²) >= 11 is 9.13. The van der Waals surface area contributed by atoms with Crippen LogP contribution in [-0.4, -0.2) is 15.0 Å². The summed E-state index contributed by atoms with van der Waals surface area (Å²) in [5, 5.41) is 7.45. The Labute approximate surface area is 105 Å². The van der Waals surface area contributed by atoms with Gasteiger partial charge in [0.1, 0.15) is 17.2 Å². The van der Waals surface area contributed by atoms with Gasteiger partial charge >= 0.3 is 0 Å². The van der Waals surface area contributed by atoms with Gasteiger partial charge in [-0.3, -0.25) is 0 Å². The van der Waals surface area contributed by atoms with Crippen molar-refractivity contribution < 1.29 is 4.39 Å². The summed E-state index contributed by atoms with van der Waals surface area (Å²) in [6.45, 7) is 1.78. The van der Waals surface area contributed by atoms with E-state index in [-0.39, 0.29) is 11.2 Å². The summed E-state index contributed by atoms with van der Waals surface area (Å²) in [6, 6.07) is 4.62. The molecule has 2 aromatic rings. The van der Waals surface area contributed by atoms with Crippen molar-refractivity contribution in [2.24, 2.45) is 0 Å². The number of alkyl halides is 1. The van der Waals surface area contributed by atoms with Gasteiger partial charge in [-0.25, -0.2) is 9.07 Å². The first-order valence-corrected chi connectivity index (χ1v) is 5.82. The Hall–Kier alpha value is -0.940. The van der Waals surface area contributed by atoms with Gasteiger partial charge in [-0.05, 0) is 25.1 Å². The molecule has 2 rings (SSSR count). The van der Waals surface area contributed by atoms with Crippen LogP contribution in [-0.2, 0) is 0 Å². The lowest BCUT2D eigenvalue weighted by Crippen LogP contribution is -1.98. The van der Waals surface area contributed by atoms with Crippen LogP contribution in [0.15, 0.2) is 28.9 Å². The molecule has 0 bridgehead atoms. The molecule has 16 heavy (non-hydrogen) atoms. The number of aromatic nitrogens is 3. The maximum atomic E-state index is 13.5. The Kier molecular flexibility index (Phi) is 3.25. The first-order valence-electron chi connectivity index (χ1n) is 4.59. The van der Waals surface area contributed by atoms with Crippen molar-refractivity contribution in [1.29, 1.82) is 0 Å². The minimum absolute atomic E-state index is 0.246. The van der Waals surface area contributed by atoms with Gasteiger partial charge in [0.15, 0.2) is 0 Å². The highest BCUT2D eigenvalue weighted by Gasteiger charge is 2.10. The molecule has 1 atom stereocenters. The second-order valence-electron chi connectivity index (χ2n) is 3.30. The Morgan fingerprint density at radius 3 is 2.88 bits per heavy atom. The number of hydrogen-bond donors (Lipinski definition) is 0. The van der Waals surface area contributed by atoms with E-state index in [1.54, 1.807) is 25.3 Å². The van der Waals surface area contributed by atoms with E-state index in [9.17, 15) is 4.39 Å². The van der Waals surface area contributed by atoms with Crippen LogP contribution in [0.2, 0.25) is 0 Å². The molecule has 1 aromatic carbocycles. The summed E-state index contributed by atoms with van der Waals surface area (Å²) in [5.74, 6) is -0.359. The zero-order valence-electron chi connectivity index (χ0n) is 8.36. The van der Waals surface area contributed by atoms with Gasteiger partial charge in [-0.1, -0.05) is 21.1 Å². The van der Waals surface area contributed by atoms with Crippen molar-refractivity contribution in [3.63, 3.8) is 0 Å². The van der Waals surface area contributed by atoms with Crippen LogP contribution in [0.3, 0.4) is 0 Å². The zero-order chi connectivity index (χ0) is 11.7. The van der Waals surface area contributed by atoms with E-state index in [2.05, 4.69) is 26.2 Å². The van der Waals surface area contributed by atoms with Crippen LogP contribution in [0, 0.1) is 5.82 Å². The minimum Gasteiger partial charge on any atom is -0.217 e. The second-order valence-corrected chi connectivity index (χ2v) is 4.87. The predicted molar refractivity (Wildman–Crippen MR) is 63.3 cm³/mol. The van der Waals surface area contributed by atoms with Crippen molar-refractivity contribution >= 4 is 27.5 Å².